The molecule has 0 radical (unpaired) electrons. The third-order valence-electron chi connectivity index (χ3n) is 8.12. The van der Waals surface area contributed by atoms with Crippen molar-refractivity contribution in [1.82, 2.24) is 15.3 Å². The molecule has 6 rings (SSSR count). The van der Waals surface area contributed by atoms with E-state index in [4.69, 9.17) is 24.3 Å². The predicted molar refractivity (Wildman–Crippen MR) is 145 cm³/mol. The number of carboxylic acid groups (broad SMARTS) is 1. The molecule has 39 heavy (non-hydrogen) atoms. The van der Waals surface area contributed by atoms with E-state index in [2.05, 4.69) is 53.3 Å². The Morgan fingerprint density at radius 2 is 1.69 bits per heavy atom. The number of hydrogen-bond donors (Lipinski definition) is 2. The lowest BCUT2D eigenvalue weighted by atomic mass is 9.78. The van der Waals surface area contributed by atoms with E-state index in [1.807, 2.05) is 30.3 Å². The minimum absolute atomic E-state index is 0.0168. The van der Waals surface area contributed by atoms with Gasteiger partial charge in [0.25, 0.3) is 0 Å². The Kier molecular flexibility index (Phi) is 6.54. The third-order valence-corrected chi connectivity index (χ3v) is 8.12. The van der Waals surface area contributed by atoms with Crippen molar-refractivity contribution in [3.05, 3.63) is 77.6 Å². The normalized spacial score (nSPS) is 21.3. The second kappa shape index (κ2) is 10.0. The zero-order valence-electron chi connectivity index (χ0n) is 22.3. The van der Waals surface area contributed by atoms with Gasteiger partial charge in [-0.15, -0.1) is 0 Å². The third kappa shape index (κ3) is 5.36. The van der Waals surface area contributed by atoms with Crippen LogP contribution in [0, 0.1) is 5.41 Å². The van der Waals surface area contributed by atoms with Crippen molar-refractivity contribution >= 4 is 12.0 Å². The molecule has 1 aromatic heterocycles. The smallest absolute Gasteiger partial charge is 0.404 e. The molecule has 3 heterocycles. The van der Waals surface area contributed by atoms with Crippen LogP contribution in [0.25, 0.3) is 0 Å². The zero-order valence-corrected chi connectivity index (χ0v) is 22.3. The fourth-order valence-corrected chi connectivity index (χ4v) is 5.48. The highest BCUT2D eigenvalue weighted by atomic mass is 16.5. The second-order valence-electron chi connectivity index (χ2n) is 11.5. The lowest BCUT2D eigenvalue weighted by Gasteiger charge is -2.54. The molecule has 1 amide bonds. The topological polar surface area (TPSA) is 106 Å². The summed E-state index contributed by atoms with van der Waals surface area (Å²) in [4.78, 5) is 22.1. The lowest BCUT2D eigenvalue weighted by molar-refractivity contribution is -0.127. The molecule has 3 aromatic rings. The van der Waals surface area contributed by atoms with Gasteiger partial charge in [0.1, 0.15) is 24.2 Å². The summed E-state index contributed by atoms with van der Waals surface area (Å²) in [6.45, 7) is 8.38. The van der Waals surface area contributed by atoms with Crippen LogP contribution in [0.5, 0.6) is 11.5 Å². The van der Waals surface area contributed by atoms with E-state index in [0.29, 0.717) is 24.9 Å². The second-order valence-corrected chi connectivity index (χ2v) is 11.5. The van der Waals surface area contributed by atoms with Gasteiger partial charge in [-0.2, -0.15) is 0 Å². The highest BCUT2D eigenvalue weighted by molar-refractivity contribution is 5.65. The number of aromatic nitrogens is 2. The Morgan fingerprint density at radius 3 is 2.28 bits per heavy atom. The van der Waals surface area contributed by atoms with Gasteiger partial charge in [-0.3, -0.25) is 0 Å². The van der Waals surface area contributed by atoms with Crippen LogP contribution in [-0.4, -0.2) is 59.6 Å². The van der Waals surface area contributed by atoms with E-state index in [1.165, 1.54) is 11.1 Å². The van der Waals surface area contributed by atoms with Crippen molar-refractivity contribution in [2.24, 2.45) is 5.41 Å². The van der Waals surface area contributed by atoms with Gasteiger partial charge in [-0.1, -0.05) is 38.1 Å². The van der Waals surface area contributed by atoms with E-state index >= 15 is 0 Å². The van der Waals surface area contributed by atoms with E-state index in [1.54, 1.807) is 6.20 Å². The van der Waals surface area contributed by atoms with Gasteiger partial charge in [-0.25, -0.2) is 14.8 Å². The molecule has 2 N–H and O–H groups in total. The van der Waals surface area contributed by atoms with E-state index in [-0.39, 0.29) is 17.6 Å². The summed E-state index contributed by atoms with van der Waals surface area (Å²) in [5, 5.41) is 11.3. The number of hydrogen-bond acceptors (Lipinski definition) is 7. The van der Waals surface area contributed by atoms with Gasteiger partial charge in [0.15, 0.2) is 0 Å². The fourth-order valence-electron chi connectivity index (χ4n) is 5.48. The van der Waals surface area contributed by atoms with E-state index in [0.717, 1.165) is 49.4 Å². The molecule has 2 saturated heterocycles. The number of ether oxygens (including phenoxy) is 3. The van der Waals surface area contributed by atoms with Gasteiger partial charge in [-0.05, 0) is 41.5 Å². The summed E-state index contributed by atoms with van der Waals surface area (Å²) in [5.41, 5.74) is 3.33. The SMILES string of the molecule is CC(C)(c1ccc(OCc2ccnc(N3CC4(COC4)C3)n2)cc1)c1ccc(O[C@H]2C[C@H](NC(=O)O)C2)cc1. The summed E-state index contributed by atoms with van der Waals surface area (Å²) in [7, 11) is 0. The fraction of sp³-hybridized carbons (Fsp3) is 0.433. The first-order chi connectivity index (χ1) is 18.8. The molecule has 9 nitrogen and oxygen atoms in total. The first kappa shape index (κ1) is 25.4. The number of nitrogens with zero attached hydrogens (tertiary/aromatic N) is 3. The number of rotatable bonds is 9. The first-order valence-electron chi connectivity index (χ1n) is 13.4. The quantitative estimate of drug-likeness (QED) is 0.420. The van der Waals surface area contributed by atoms with Crippen molar-refractivity contribution < 1.29 is 24.1 Å². The van der Waals surface area contributed by atoms with E-state index < -0.39 is 6.09 Å². The first-order valence-corrected chi connectivity index (χ1v) is 13.4. The average molecular weight is 531 g/mol. The van der Waals surface area contributed by atoms with Gasteiger partial charge in [0.05, 0.1) is 24.3 Å². The Morgan fingerprint density at radius 1 is 1.05 bits per heavy atom. The minimum Gasteiger partial charge on any atom is -0.490 e. The van der Waals surface area contributed by atoms with Gasteiger partial charge in [0.2, 0.25) is 5.95 Å². The van der Waals surface area contributed by atoms with E-state index in [9.17, 15) is 4.79 Å². The van der Waals surface area contributed by atoms with Gasteiger partial charge < -0.3 is 29.5 Å². The van der Waals surface area contributed by atoms with Crippen LogP contribution in [0.2, 0.25) is 0 Å². The summed E-state index contributed by atoms with van der Waals surface area (Å²) in [6, 6.07) is 18.3. The molecule has 3 aliphatic rings. The molecule has 9 heteroatoms. The van der Waals surface area contributed by atoms with Gasteiger partial charge >= 0.3 is 6.09 Å². The largest absolute Gasteiger partial charge is 0.490 e. The molecule has 1 spiro atoms. The Balaban J connectivity index is 1.02. The van der Waals surface area contributed by atoms with Crippen LogP contribution in [0.4, 0.5) is 10.7 Å². The summed E-state index contributed by atoms with van der Waals surface area (Å²) in [5.74, 6) is 2.36. The number of nitrogens with one attached hydrogen (secondary N) is 1. The number of amides is 1. The molecule has 0 unspecified atom stereocenters. The van der Waals surface area contributed by atoms with Crippen molar-refractivity contribution in [1.29, 1.82) is 0 Å². The molecule has 1 aliphatic carbocycles. The monoisotopic (exact) mass is 530 g/mol. The summed E-state index contributed by atoms with van der Waals surface area (Å²) in [6.07, 6.45) is 2.25. The van der Waals surface area contributed by atoms with Crippen LogP contribution < -0.4 is 19.7 Å². The molecule has 0 atom stereocenters. The Labute approximate surface area is 228 Å². The maximum atomic E-state index is 10.7. The van der Waals surface area contributed by atoms with Gasteiger partial charge in [0, 0.05) is 43.6 Å². The van der Waals surface area contributed by atoms with Crippen molar-refractivity contribution in [2.75, 3.05) is 31.2 Å². The molecule has 0 bridgehead atoms. The zero-order chi connectivity index (χ0) is 27.0. The van der Waals surface area contributed by atoms with Crippen molar-refractivity contribution in [3.8, 4) is 11.5 Å². The molecule has 1 saturated carbocycles. The molecule has 2 aliphatic heterocycles. The standard InChI is InChI=1S/C30H34N4O5/c1-29(2,21-5-9-25(10-6-21)39-26-13-23(14-26)33-28(35)36)20-3-7-24(8-4-20)38-15-22-11-12-31-27(32-22)34-16-30(17-34)18-37-19-30/h3-12,23,26,33H,13-19H2,1-2H3,(H,35,36)/t23-,26-. The van der Waals surface area contributed by atoms with Crippen molar-refractivity contribution in [3.63, 3.8) is 0 Å². The van der Waals surface area contributed by atoms with Crippen LogP contribution >= 0.6 is 0 Å². The molecule has 2 aromatic carbocycles. The highest BCUT2D eigenvalue weighted by Crippen LogP contribution is 2.39. The molecule has 3 fully saturated rings. The minimum atomic E-state index is -0.982. The van der Waals surface area contributed by atoms with Crippen LogP contribution in [0.15, 0.2) is 60.8 Å². The van der Waals surface area contributed by atoms with Crippen molar-refractivity contribution in [2.45, 2.75) is 50.9 Å². The predicted octanol–water partition coefficient (Wildman–Crippen LogP) is 4.40. The maximum absolute atomic E-state index is 10.7. The van der Waals surface area contributed by atoms with Crippen LogP contribution in [-0.2, 0) is 16.8 Å². The number of benzene rings is 2. The average Bonchev–Trinajstić information content (AvgIpc) is 2.85. The highest BCUT2D eigenvalue weighted by Gasteiger charge is 2.49. The molecule has 204 valence electrons. The molecular formula is C30H34N4O5. The maximum Gasteiger partial charge on any atom is 0.404 e. The number of anilines is 1. The Hall–Kier alpha value is -3.85. The summed E-state index contributed by atoms with van der Waals surface area (Å²) < 4.78 is 17.4. The summed E-state index contributed by atoms with van der Waals surface area (Å²) >= 11 is 0. The van der Waals surface area contributed by atoms with Crippen LogP contribution in [0.1, 0.15) is 43.5 Å². The Bertz CT molecular complexity index is 1310. The molecular weight excluding hydrogens is 496 g/mol. The number of carbonyl (C=O) groups is 1. The van der Waals surface area contributed by atoms with Crippen LogP contribution in [0.3, 0.4) is 0 Å². The lowest BCUT2D eigenvalue weighted by Crippen LogP contribution is -2.66.